The van der Waals surface area contributed by atoms with Crippen LogP contribution >= 0.6 is 0 Å². The highest BCUT2D eigenvalue weighted by Crippen LogP contribution is 2.48. The number of rotatable bonds is 2. The standard InChI is InChI=1S/C36H22BNO2/c1-2-11-23(12-3-1)24-21-22-26-25-13-4-8-18-31(25)40-36(26)35(24)38-29-16-7-5-14-27(29)37-28-15-6-9-19-32(28)39-33-20-10-17-30(38)34(33)37/h1-22H. The molecule has 7 aromatic rings. The predicted molar refractivity (Wildman–Crippen MR) is 165 cm³/mol. The van der Waals surface area contributed by atoms with Gasteiger partial charge in [-0.15, -0.1) is 0 Å². The van der Waals surface area contributed by atoms with Gasteiger partial charge in [0.15, 0.2) is 5.58 Å². The molecule has 6 aromatic carbocycles. The molecule has 40 heavy (non-hydrogen) atoms. The maximum atomic E-state index is 6.71. The van der Waals surface area contributed by atoms with Gasteiger partial charge in [0.2, 0.25) is 0 Å². The first-order chi connectivity index (χ1) is 19.9. The SMILES string of the molecule is c1ccc(-c2ccc3c(oc4ccccc43)c2N2c3ccccc3B3c4ccccc4Oc4cccc2c43)cc1. The van der Waals surface area contributed by atoms with E-state index in [2.05, 4.69) is 126 Å². The zero-order valence-corrected chi connectivity index (χ0v) is 21.5. The molecule has 0 atom stereocenters. The number of fused-ring (bicyclic) bond motifs is 7. The Bertz CT molecular complexity index is 2110. The van der Waals surface area contributed by atoms with Crippen LogP contribution < -0.4 is 26.0 Å². The van der Waals surface area contributed by atoms with Crippen molar-refractivity contribution in [2.75, 3.05) is 4.90 Å². The fraction of sp³-hybridized carbons (Fsp3) is 0. The van der Waals surface area contributed by atoms with E-state index in [9.17, 15) is 0 Å². The Kier molecular flexibility index (Phi) is 4.41. The summed E-state index contributed by atoms with van der Waals surface area (Å²) in [6.45, 7) is 0.0821. The van der Waals surface area contributed by atoms with Crippen molar-refractivity contribution in [2.24, 2.45) is 0 Å². The minimum atomic E-state index is 0.0821. The largest absolute Gasteiger partial charge is 0.458 e. The molecule has 0 radical (unpaired) electrons. The number of hydrogen-bond donors (Lipinski definition) is 0. The van der Waals surface area contributed by atoms with E-state index in [1.807, 2.05) is 12.1 Å². The van der Waals surface area contributed by atoms with Crippen molar-refractivity contribution in [2.45, 2.75) is 0 Å². The molecule has 0 amide bonds. The lowest BCUT2D eigenvalue weighted by atomic mass is 9.34. The van der Waals surface area contributed by atoms with Gasteiger partial charge in [-0.05, 0) is 58.4 Å². The van der Waals surface area contributed by atoms with Gasteiger partial charge in [0.25, 0.3) is 6.71 Å². The number of furan rings is 1. The van der Waals surface area contributed by atoms with E-state index in [4.69, 9.17) is 9.15 Å². The number of para-hydroxylation sites is 3. The summed E-state index contributed by atoms with van der Waals surface area (Å²) in [5.74, 6) is 1.82. The van der Waals surface area contributed by atoms with Crippen molar-refractivity contribution in [3.05, 3.63) is 133 Å². The molecule has 2 aliphatic heterocycles. The Labute approximate surface area is 232 Å². The molecule has 4 heteroatoms. The van der Waals surface area contributed by atoms with Gasteiger partial charge in [0, 0.05) is 27.7 Å². The molecule has 0 aliphatic carbocycles. The van der Waals surface area contributed by atoms with Crippen molar-refractivity contribution in [3.63, 3.8) is 0 Å². The number of ether oxygens (including phenoxy) is 1. The van der Waals surface area contributed by atoms with E-state index in [0.29, 0.717) is 0 Å². The predicted octanol–water partition coefficient (Wildman–Crippen LogP) is 7.66. The summed E-state index contributed by atoms with van der Waals surface area (Å²) in [5.41, 5.74) is 11.0. The van der Waals surface area contributed by atoms with Gasteiger partial charge in [0.1, 0.15) is 17.1 Å². The second kappa shape index (κ2) is 8.14. The lowest BCUT2D eigenvalue weighted by molar-refractivity contribution is 0.487. The summed E-state index contributed by atoms with van der Waals surface area (Å²) in [6, 6.07) is 46.9. The van der Waals surface area contributed by atoms with E-state index in [0.717, 1.165) is 61.6 Å². The van der Waals surface area contributed by atoms with Crippen LogP contribution in [0.25, 0.3) is 33.1 Å². The Hall–Kier alpha value is -5.22. The minimum absolute atomic E-state index is 0.0821. The van der Waals surface area contributed by atoms with Crippen molar-refractivity contribution in [1.29, 1.82) is 0 Å². The summed E-state index contributed by atoms with van der Waals surface area (Å²) in [4.78, 5) is 2.40. The van der Waals surface area contributed by atoms with E-state index >= 15 is 0 Å². The number of hydrogen-bond acceptors (Lipinski definition) is 3. The number of nitrogens with zero attached hydrogens (tertiary/aromatic N) is 1. The van der Waals surface area contributed by atoms with Crippen LogP contribution in [0.1, 0.15) is 0 Å². The monoisotopic (exact) mass is 511 g/mol. The lowest BCUT2D eigenvalue weighted by Crippen LogP contribution is -2.59. The Morgan fingerprint density at radius 3 is 2.17 bits per heavy atom. The molecular formula is C36H22BNO2. The second-order valence-corrected chi connectivity index (χ2v) is 10.5. The van der Waals surface area contributed by atoms with Crippen LogP contribution in [0.15, 0.2) is 138 Å². The molecule has 0 fully saturated rings. The smallest absolute Gasteiger partial charge is 0.256 e. The molecule has 186 valence electrons. The van der Waals surface area contributed by atoms with Crippen molar-refractivity contribution in [1.82, 2.24) is 0 Å². The molecule has 0 unspecified atom stereocenters. The second-order valence-electron chi connectivity index (χ2n) is 10.5. The summed E-state index contributed by atoms with van der Waals surface area (Å²) < 4.78 is 13.2. The Morgan fingerprint density at radius 1 is 0.525 bits per heavy atom. The van der Waals surface area contributed by atoms with Crippen LogP contribution in [0.5, 0.6) is 11.5 Å². The van der Waals surface area contributed by atoms with Gasteiger partial charge >= 0.3 is 0 Å². The molecule has 3 heterocycles. The topological polar surface area (TPSA) is 25.6 Å². The van der Waals surface area contributed by atoms with Crippen LogP contribution in [-0.4, -0.2) is 6.71 Å². The molecule has 0 bridgehead atoms. The summed E-state index contributed by atoms with van der Waals surface area (Å²) in [7, 11) is 0. The first-order valence-electron chi connectivity index (χ1n) is 13.7. The zero-order valence-electron chi connectivity index (χ0n) is 21.5. The quantitative estimate of drug-likeness (QED) is 0.223. The highest BCUT2D eigenvalue weighted by Gasteiger charge is 2.42. The third-order valence-electron chi connectivity index (χ3n) is 8.34. The molecule has 1 aromatic heterocycles. The maximum absolute atomic E-state index is 6.71. The molecule has 0 saturated heterocycles. The van der Waals surface area contributed by atoms with E-state index in [-0.39, 0.29) is 6.71 Å². The van der Waals surface area contributed by atoms with Gasteiger partial charge in [-0.1, -0.05) is 97.1 Å². The van der Waals surface area contributed by atoms with Crippen molar-refractivity contribution >= 4 is 62.1 Å². The third-order valence-corrected chi connectivity index (χ3v) is 8.34. The van der Waals surface area contributed by atoms with Gasteiger partial charge < -0.3 is 14.1 Å². The first kappa shape index (κ1) is 21.7. The van der Waals surface area contributed by atoms with Crippen LogP contribution in [0.2, 0.25) is 0 Å². The van der Waals surface area contributed by atoms with E-state index < -0.39 is 0 Å². The van der Waals surface area contributed by atoms with Crippen molar-refractivity contribution < 1.29 is 9.15 Å². The van der Waals surface area contributed by atoms with Crippen LogP contribution in [0, 0.1) is 0 Å². The van der Waals surface area contributed by atoms with Gasteiger partial charge in [-0.2, -0.15) is 0 Å². The lowest BCUT2D eigenvalue weighted by Gasteiger charge is -2.40. The highest BCUT2D eigenvalue weighted by atomic mass is 16.5. The van der Waals surface area contributed by atoms with Gasteiger partial charge in [0.05, 0.1) is 5.69 Å². The van der Waals surface area contributed by atoms with Crippen LogP contribution in [-0.2, 0) is 0 Å². The van der Waals surface area contributed by atoms with E-state index in [1.54, 1.807) is 0 Å². The summed E-state index contributed by atoms with van der Waals surface area (Å²) in [6.07, 6.45) is 0. The van der Waals surface area contributed by atoms with Gasteiger partial charge in [-0.25, -0.2) is 0 Å². The average molecular weight is 511 g/mol. The fourth-order valence-corrected chi connectivity index (χ4v) is 6.67. The Morgan fingerprint density at radius 2 is 1.25 bits per heavy atom. The van der Waals surface area contributed by atoms with E-state index in [1.165, 1.54) is 16.4 Å². The minimum Gasteiger partial charge on any atom is -0.458 e. The molecule has 2 aliphatic rings. The highest BCUT2D eigenvalue weighted by molar-refractivity contribution is 6.99. The van der Waals surface area contributed by atoms with Gasteiger partial charge in [-0.3, -0.25) is 0 Å². The number of anilines is 3. The Balaban J connectivity index is 1.42. The average Bonchev–Trinajstić information content (AvgIpc) is 3.40. The normalized spacial score (nSPS) is 13.1. The summed E-state index contributed by atoms with van der Waals surface area (Å²) >= 11 is 0. The zero-order chi connectivity index (χ0) is 26.2. The fourth-order valence-electron chi connectivity index (χ4n) is 6.67. The number of benzene rings is 6. The molecule has 9 rings (SSSR count). The third kappa shape index (κ3) is 2.90. The molecular weight excluding hydrogens is 489 g/mol. The first-order valence-corrected chi connectivity index (χ1v) is 13.7. The maximum Gasteiger partial charge on any atom is 0.256 e. The summed E-state index contributed by atoms with van der Waals surface area (Å²) in [5, 5.41) is 2.23. The van der Waals surface area contributed by atoms with Crippen LogP contribution in [0.3, 0.4) is 0 Å². The van der Waals surface area contributed by atoms with Crippen LogP contribution in [0.4, 0.5) is 17.1 Å². The molecule has 0 spiro atoms. The molecule has 0 saturated carbocycles. The van der Waals surface area contributed by atoms with Crippen molar-refractivity contribution in [3.8, 4) is 22.6 Å². The molecule has 3 nitrogen and oxygen atoms in total. The molecule has 0 N–H and O–H groups in total.